The summed E-state index contributed by atoms with van der Waals surface area (Å²) in [6.07, 6.45) is 1.89. The normalized spacial score (nSPS) is 32.1. The van der Waals surface area contributed by atoms with Gasteiger partial charge in [0.25, 0.3) is 0 Å². The largest absolute Gasteiger partial charge is 0.334 e. The minimum Gasteiger partial charge on any atom is -0.334 e. The van der Waals surface area contributed by atoms with E-state index in [2.05, 4.69) is 32.7 Å². The van der Waals surface area contributed by atoms with Crippen molar-refractivity contribution in [2.75, 3.05) is 33.2 Å². The van der Waals surface area contributed by atoms with E-state index in [1.807, 2.05) is 24.3 Å². The van der Waals surface area contributed by atoms with Crippen LogP contribution in [0.15, 0.2) is 24.3 Å². The first kappa shape index (κ1) is 17.1. The van der Waals surface area contributed by atoms with E-state index in [1.165, 1.54) is 4.90 Å². The Balaban J connectivity index is 1.70. The zero-order valence-electron chi connectivity index (χ0n) is 16.8. The summed E-state index contributed by atoms with van der Waals surface area (Å²) in [5.41, 5.74) is 3.02. The van der Waals surface area contributed by atoms with Crippen LogP contribution in [0, 0.1) is 5.41 Å². The Hall–Kier alpha value is -2.01. The molecule has 0 radical (unpaired) electrons. The van der Waals surface area contributed by atoms with Gasteiger partial charge in [-0.3, -0.25) is 4.79 Å². The number of hydrogen-bond donors (Lipinski definition) is 1. The zero-order valence-corrected chi connectivity index (χ0v) is 16.8. The van der Waals surface area contributed by atoms with Crippen LogP contribution in [0.3, 0.4) is 0 Å². The van der Waals surface area contributed by atoms with Crippen molar-refractivity contribution in [3.8, 4) is 0 Å². The highest BCUT2D eigenvalue weighted by Gasteiger charge is 2.73. The Bertz CT molecular complexity index is 946. The van der Waals surface area contributed by atoms with E-state index in [-0.39, 0.29) is 16.7 Å². The lowest BCUT2D eigenvalue weighted by molar-refractivity contribution is -0.883. The molecule has 2 aliphatic carbocycles. The van der Waals surface area contributed by atoms with Gasteiger partial charge in [0.1, 0.15) is 0 Å². The molecule has 1 amide bonds. The molecule has 1 aliphatic heterocycles. The van der Waals surface area contributed by atoms with E-state index in [4.69, 9.17) is 9.97 Å². The van der Waals surface area contributed by atoms with Gasteiger partial charge in [-0.25, -0.2) is 9.97 Å². The second-order valence-corrected chi connectivity index (χ2v) is 9.52. The first-order valence-corrected chi connectivity index (χ1v) is 10.2. The lowest BCUT2D eigenvalue weighted by atomic mass is 9.63. The molecule has 142 valence electrons. The minimum atomic E-state index is -0.542. The van der Waals surface area contributed by atoms with E-state index in [0.29, 0.717) is 0 Å². The highest BCUT2D eigenvalue weighted by Crippen LogP contribution is 2.70. The number of likely N-dealkylation sites (N-methyl/N-ethyl adjacent to an activating group) is 1. The fourth-order valence-corrected chi connectivity index (χ4v) is 5.88. The smallest absolute Gasteiger partial charge is 0.235 e. The summed E-state index contributed by atoms with van der Waals surface area (Å²) < 4.78 is 0. The standard InChI is InChI=1S/C22H28N4O/c1-20(2)21(3)9-10-22(20,19(27)26-13-11-25(4)12-14-26)18-17(21)23-15-7-5-6-8-16(15)24-18/h5-8H,9-14H2,1-4H3/p+1/t21-,22+/m1/s1. The molecule has 5 nitrogen and oxygen atoms in total. The number of rotatable bonds is 1. The Morgan fingerprint density at radius 3 is 2.22 bits per heavy atom. The summed E-state index contributed by atoms with van der Waals surface area (Å²) in [5, 5.41) is 0. The summed E-state index contributed by atoms with van der Waals surface area (Å²) in [5.74, 6) is 0.284. The molecule has 2 atom stereocenters. The van der Waals surface area contributed by atoms with Crippen molar-refractivity contribution < 1.29 is 9.69 Å². The van der Waals surface area contributed by atoms with Gasteiger partial charge < -0.3 is 9.80 Å². The van der Waals surface area contributed by atoms with Gasteiger partial charge >= 0.3 is 0 Å². The number of benzene rings is 1. The fraction of sp³-hybridized carbons (Fsp3) is 0.591. The molecule has 2 heterocycles. The van der Waals surface area contributed by atoms with Crippen LogP contribution in [0.25, 0.3) is 11.0 Å². The highest BCUT2D eigenvalue weighted by atomic mass is 16.2. The van der Waals surface area contributed by atoms with Crippen molar-refractivity contribution in [1.29, 1.82) is 0 Å². The van der Waals surface area contributed by atoms with Gasteiger partial charge in [-0.05, 0) is 30.4 Å². The van der Waals surface area contributed by atoms with Crippen LogP contribution in [-0.4, -0.2) is 54.0 Å². The van der Waals surface area contributed by atoms with E-state index >= 15 is 0 Å². The molecule has 1 aromatic carbocycles. The van der Waals surface area contributed by atoms with Gasteiger partial charge in [0.05, 0.1) is 61.1 Å². The lowest BCUT2D eigenvalue weighted by Crippen LogP contribution is -3.12. The molecule has 3 aliphatic rings. The summed E-state index contributed by atoms with van der Waals surface area (Å²) in [6, 6.07) is 8.06. The maximum absolute atomic E-state index is 14.0. The molecule has 0 spiro atoms. The predicted molar refractivity (Wildman–Crippen MR) is 105 cm³/mol. The second kappa shape index (κ2) is 5.28. The molecule has 1 saturated carbocycles. The Kier molecular flexibility index (Phi) is 3.35. The first-order chi connectivity index (χ1) is 12.8. The molecule has 2 aromatic rings. The van der Waals surface area contributed by atoms with Crippen LogP contribution in [-0.2, 0) is 15.6 Å². The number of carbonyl (C=O) groups is 1. The average molecular weight is 366 g/mol. The monoisotopic (exact) mass is 365 g/mol. The van der Waals surface area contributed by atoms with Crippen LogP contribution >= 0.6 is 0 Å². The van der Waals surface area contributed by atoms with Crippen molar-refractivity contribution >= 4 is 16.9 Å². The zero-order chi connectivity index (χ0) is 19.0. The summed E-state index contributed by atoms with van der Waals surface area (Å²) in [4.78, 5) is 27.7. The SMILES string of the molecule is C[NH+]1CCN(C(=O)[C@]23CC[C@](C)(c4nc5ccccc5nc42)C3(C)C)CC1. The Morgan fingerprint density at radius 1 is 1.00 bits per heavy atom. The number of para-hydroxylation sites is 2. The third-order valence-electron chi connectivity index (χ3n) is 8.21. The molecule has 1 aromatic heterocycles. The summed E-state index contributed by atoms with van der Waals surface area (Å²) in [7, 11) is 2.21. The van der Waals surface area contributed by atoms with E-state index < -0.39 is 5.41 Å². The quantitative estimate of drug-likeness (QED) is 0.829. The molecule has 0 unspecified atom stereocenters. The summed E-state index contributed by atoms with van der Waals surface area (Å²) >= 11 is 0. The van der Waals surface area contributed by atoms with Gasteiger partial charge in [0, 0.05) is 5.41 Å². The van der Waals surface area contributed by atoms with Crippen molar-refractivity contribution in [2.24, 2.45) is 5.41 Å². The number of fused-ring (bicyclic) bond motifs is 6. The maximum atomic E-state index is 14.0. The van der Waals surface area contributed by atoms with Gasteiger partial charge in [-0.1, -0.05) is 32.9 Å². The fourth-order valence-electron chi connectivity index (χ4n) is 5.88. The molecule has 5 heteroatoms. The minimum absolute atomic E-state index is 0.104. The van der Waals surface area contributed by atoms with Gasteiger partial charge in [-0.15, -0.1) is 0 Å². The Labute approximate surface area is 160 Å². The first-order valence-electron chi connectivity index (χ1n) is 10.2. The number of amides is 1. The van der Waals surface area contributed by atoms with Gasteiger partial charge in [0.15, 0.2) is 0 Å². The van der Waals surface area contributed by atoms with E-state index in [1.54, 1.807) is 0 Å². The van der Waals surface area contributed by atoms with Crippen molar-refractivity contribution in [3.05, 3.63) is 35.7 Å². The second-order valence-electron chi connectivity index (χ2n) is 9.52. The van der Waals surface area contributed by atoms with Crippen molar-refractivity contribution in [3.63, 3.8) is 0 Å². The number of nitrogens with zero attached hydrogens (tertiary/aromatic N) is 3. The number of piperazine rings is 1. The number of quaternary nitrogens is 1. The van der Waals surface area contributed by atoms with Crippen LogP contribution in [0.2, 0.25) is 0 Å². The highest BCUT2D eigenvalue weighted by molar-refractivity contribution is 5.93. The number of aromatic nitrogens is 2. The summed E-state index contributed by atoms with van der Waals surface area (Å²) in [6.45, 7) is 10.6. The topological polar surface area (TPSA) is 50.5 Å². The van der Waals surface area contributed by atoms with Gasteiger partial charge in [-0.2, -0.15) is 0 Å². The van der Waals surface area contributed by atoms with Crippen LogP contribution in [0.1, 0.15) is 45.0 Å². The molecule has 2 fully saturated rings. The molecular formula is C22H29N4O+. The molecular weight excluding hydrogens is 336 g/mol. The third kappa shape index (κ3) is 1.91. The molecule has 1 N–H and O–H groups in total. The predicted octanol–water partition coefficient (Wildman–Crippen LogP) is 1.32. The Morgan fingerprint density at radius 2 is 1.59 bits per heavy atom. The molecule has 2 bridgehead atoms. The van der Waals surface area contributed by atoms with E-state index in [9.17, 15) is 4.79 Å². The molecule has 5 rings (SSSR count). The maximum Gasteiger partial charge on any atom is 0.235 e. The van der Waals surface area contributed by atoms with E-state index in [0.717, 1.165) is 61.4 Å². The van der Waals surface area contributed by atoms with Crippen molar-refractivity contribution in [2.45, 2.75) is 44.4 Å². The number of hydrogen-bond acceptors (Lipinski definition) is 3. The van der Waals surface area contributed by atoms with Gasteiger partial charge in [0.2, 0.25) is 5.91 Å². The molecule has 1 saturated heterocycles. The number of carbonyl (C=O) groups excluding carboxylic acids is 1. The van der Waals surface area contributed by atoms with Crippen LogP contribution in [0.5, 0.6) is 0 Å². The lowest BCUT2D eigenvalue weighted by Gasteiger charge is -2.43. The van der Waals surface area contributed by atoms with Crippen LogP contribution in [0.4, 0.5) is 0 Å². The third-order valence-corrected chi connectivity index (χ3v) is 8.21. The molecule has 27 heavy (non-hydrogen) atoms. The average Bonchev–Trinajstić information content (AvgIpc) is 2.96. The van der Waals surface area contributed by atoms with Crippen LogP contribution < -0.4 is 4.90 Å². The number of nitrogens with one attached hydrogen (secondary N) is 1. The van der Waals surface area contributed by atoms with Crippen molar-refractivity contribution in [1.82, 2.24) is 14.9 Å².